The summed E-state index contributed by atoms with van der Waals surface area (Å²) < 4.78 is 0. The van der Waals surface area contributed by atoms with Gasteiger partial charge in [0.05, 0.1) is 17.8 Å². The first-order valence-corrected chi connectivity index (χ1v) is 8.35. The van der Waals surface area contributed by atoms with Crippen LogP contribution in [-0.4, -0.2) is 26.9 Å². The number of para-hydroxylation sites is 3. The monoisotopic (exact) mass is 330 g/mol. The number of benzene rings is 2. The minimum atomic E-state index is -0.868. The van der Waals surface area contributed by atoms with Crippen LogP contribution < -0.4 is 10.6 Å². The fraction of sp³-hybridized carbons (Fsp3) is 0.235. The third kappa shape index (κ3) is 3.53. The number of anilines is 2. The van der Waals surface area contributed by atoms with Crippen molar-refractivity contribution in [3.05, 3.63) is 54.1 Å². The molecule has 0 unspecified atom stereocenters. The van der Waals surface area contributed by atoms with E-state index in [4.69, 9.17) is 0 Å². The number of hydrogen-bond donors (Lipinski definition) is 4. The van der Waals surface area contributed by atoms with Gasteiger partial charge in [-0.15, -0.1) is 11.8 Å². The number of nitrogens with one attached hydrogen (secondary N) is 2. The van der Waals surface area contributed by atoms with Crippen molar-refractivity contribution >= 4 is 29.1 Å². The summed E-state index contributed by atoms with van der Waals surface area (Å²) in [4.78, 5) is 10.5. The largest absolute Gasteiger partial charge is 0.508 e. The van der Waals surface area contributed by atoms with E-state index in [9.17, 15) is 15.0 Å². The van der Waals surface area contributed by atoms with Crippen molar-refractivity contribution in [1.29, 1.82) is 0 Å². The molecule has 3 rings (SSSR count). The average molecular weight is 330 g/mol. The van der Waals surface area contributed by atoms with Crippen LogP contribution in [0.3, 0.4) is 0 Å². The van der Waals surface area contributed by atoms with E-state index in [1.807, 2.05) is 36.4 Å². The second-order valence-corrected chi connectivity index (χ2v) is 6.81. The zero-order valence-corrected chi connectivity index (χ0v) is 13.3. The molecule has 0 saturated heterocycles. The number of aryl methyl sites for hydroxylation is 1. The Morgan fingerprint density at radius 3 is 2.26 bits per heavy atom. The highest BCUT2D eigenvalue weighted by Gasteiger charge is 2.38. The molecule has 0 radical (unpaired) electrons. The maximum Gasteiger partial charge on any atom is 0.308 e. The number of carboxylic acids is 1. The Balaban J connectivity index is 1.69. The van der Waals surface area contributed by atoms with E-state index in [0.29, 0.717) is 12.2 Å². The fourth-order valence-corrected chi connectivity index (χ4v) is 3.91. The molecule has 0 aliphatic carbocycles. The number of fused-ring (bicyclic) bond motifs is 1. The van der Waals surface area contributed by atoms with Crippen LogP contribution in [0.1, 0.15) is 12.0 Å². The van der Waals surface area contributed by atoms with E-state index in [1.54, 1.807) is 12.1 Å². The molecule has 23 heavy (non-hydrogen) atoms. The van der Waals surface area contributed by atoms with Crippen LogP contribution in [0.4, 0.5) is 11.4 Å². The normalized spacial score (nSPS) is 14.6. The number of carbonyl (C=O) groups is 1. The molecule has 0 atom stereocenters. The van der Waals surface area contributed by atoms with Crippen LogP contribution in [0.15, 0.2) is 48.5 Å². The molecular weight excluding hydrogens is 312 g/mol. The van der Waals surface area contributed by atoms with E-state index >= 15 is 0 Å². The predicted octanol–water partition coefficient (Wildman–Crippen LogP) is 3.33. The zero-order chi connectivity index (χ0) is 16.3. The van der Waals surface area contributed by atoms with E-state index in [2.05, 4.69) is 10.6 Å². The summed E-state index contributed by atoms with van der Waals surface area (Å²) in [6, 6.07) is 14.9. The molecule has 0 fully saturated rings. The molecule has 0 spiro atoms. The number of rotatable bonds is 6. The highest BCUT2D eigenvalue weighted by atomic mass is 32.2. The Morgan fingerprint density at radius 1 is 1.04 bits per heavy atom. The Morgan fingerprint density at radius 2 is 1.65 bits per heavy atom. The lowest BCUT2D eigenvalue weighted by molar-refractivity contribution is -0.137. The number of hydrogen-bond acceptors (Lipinski definition) is 5. The number of thioether (sulfide) groups is 1. The molecule has 0 aromatic heterocycles. The first-order chi connectivity index (χ1) is 11.1. The van der Waals surface area contributed by atoms with Gasteiger partial charge in [-0.25, -0.2) is 0 Å². The average Bonchev–Trinajstić information content (AvgIpc) is 2.86. The van der Waals surface area contributed by atoms with Gasteiger partial charge in [0.15, 0.2) is 4.99 Å². The van der Waals surface area contributed by atoms with Gasteiger partial charge in [-0.1, -0.05) is 30.3 Å². The first-order valence-electron chi connectivity index (χ1n) is 7.36. The summed E-state index contributed by atoms with van der Waals surface area (Å²) >= 11 is 1.51. The van der Waals surface area contributed by atoms with Gasteiger partial charge in [0.25, 0.3) is 0 Å². The van der Waals surface area contributed by atoms with E-state index in [0.717, 1.165) is 16.9 Å². The van der Waals surface area contributed by atoms with Crippen LogP contribution >= 0.6 is 11.8 Å². The molecule has 2 aromatic carbocycles. The Hall–Kier alpha value is -2.34. The molecule has 0 bridgehead atoms. The SMILES string of the molecule is O=C(O)CC1(SCCc2ccccc2O)Nc2ccccc2N1. The second kappa shape index (κ2) is 6.42. The lowest BCUT2D eigenvalue weighted by Gasteiger charge is -2.28. The smallest absolute Gasteiger partial charge is 0.308 e. The molecule has 1 heterocycles. The minimum Gasteiger partial charge on any atom is -0.508 e. The molecular formula is C17H18N2O3S. The number of aromatic hydroxyl groups is 1. The summed E-state index contributed by atoms with van der Waals surface area (Å²) in [7, 11) is 0. The summed E-state index contributed by atoms with van der Waals surface area (Å²) in [6.45, 7) is 0. The highest BCUT2D eigenvalue weighted by molar-refractivity contribution is 8.00. The van der Waals surface area contributed by atoms with Gasteiger partial charge in [-0.2, -0.15) is 0 Å². The Kier molecular flexibility index (Phi) is 4.34. The molecule has 6 heteroatoms. The molecule has 2 aromatic rings. The van der Waals surface area contributed by atoms with Crippen molar-refractivity contribution in [2.24, 2.45) is 0 Å². The number of aliphatic carboxylic acids is 1. The van der Waals surface area contributed by atoms with Crippen LogP contribution in [0.2, 0.25) is 0 Å². The van der Waals surface area contributed by atoms with Crippen molar-refractivity contribution in [1.82, 2.24) is 0 Å². The predicted molar refractivity (Wildman–Crippen MR) is 92.9 cm³/mol. The minimum absolute atomic E-state index is 0.0485. The van der Waals surface area contributed by atoms with Gasteiger partial charge in [0, 0.05) is 5.75 Å². The standard InChI is InChI=1S/C17H18N2O3S/c20-15-8-4-1-5-12(15)9-10-23-17(11-16(21)22)18-13-6-2-3-7-14(13)19-17/h1-8,18-20H,9-11H2,(H,21,22). The number of phenols is 1. The maximum atomic E-state index is 11.3. The van der Waals surface area contributed by atoms with Gasteiger partial charge >= 0.3 is 5.97 Å². The first kappa shape index (κ1) is 15.6. The van der Waals surface area contributed by atoms with Crippen LogP contribution in [-0.2, 0) is 11.2 Å². The van der Waals surface area contributed by atoms with Gasteiger partial charge in [-0.05, 0) is 30.2 Å². The molecule has 0 saturated carbocycles. The van der Waals surface area contributed by atoms with Gasteiger partial charge < -0.3 is 20.8 Å². The summed E-state index contributed by atoms with van der Waals surface area (Å²) in [6.07, 6.45) is 0.617. The van der Waals surface area contributed by atoms with E-state index < -0.39 is 11.0 Å². The topological polar surface area (TPSA) is 81.6 Å². The summed E-state index contributed by atoms with van der Waals surface area (Å²) in [5.74, 6) is 0.0858. The molecule has 4 N–H and O–H groups in total. The van der Waals surface area contributed by atoms with Crippen LogP contribution in [0.5, 0.6) is 5.75 Å². The van der Waals surface area contributed by atoms with Crippen molar-refractivity contribution in [3.63, 3.8) is 0 Å². The number of carboxylic acid groups (broad SMARTS) is 1. The molecule has 5 nitrogen and oxygen atoms in total. The summed E-state index contributed by atoms with van der Waals surface area (Å²) in [5, 5.41) is 25.6. The Labute approximate surface area is 138 Å². The van der Waals surface area contributed by atoms with Crippen molar-refractivity contribution < 1.29 is 15.0 Å². The van der Waals surface area contributed by atoms with Gasteiger partial charge in [0.1, 0.15) is 5.75 Å². The van der Waals surface area contributed by atoms with E-state index in [1.165, 1.54) is 11.8 Å². The quantitative estimate of drug-likeness (QED) is 0.650. The van der Waals surface area contributed by atoms with Crippen molar-refractivity contribution in [2.45, 2.75) is 17.8 Å². The van der Waals surface area contributed by atoms with Gasteiger partial charge in [0.2, 0.25) is 0 Å². The third-order valence-corrected chi connectivity index (χ3v) is 4.96. The van der Waals surface area contributed by atoms with E-state index in [-0.39, 0.29) is 12.2 Å². The highest BCUT2D eigenvalue weighted by Crippen LogP contribution is 2.41. The van der Waals surface area contributed by atoms with Crippen molar-refractivity contribution in [2.75, 3.05) is 16.4 Å². The maximum absolute atomic E-state index is 11.3. The van der Waals surface area contributed by atoms with Gasteiger partial charge in [-0.3, -0.25) is 4.79 Å². The lowest BCUT2D eigenvalue weighted by atomic mass is 10.1. The Bertz CT molecular complexity index is 695. The lowest BCUT2D eigenvalue weighted by Crippen LogP contribution is -2.41. The van der Waals surface area contributed by atoms with Crippen LogP contribution in [0.25, 0.3) is 0 Å². The molecule has 1 aliphatic rings. The number of phenolic OH excluding ortho intramolecular Hbond substituents is 1. The summed E-state index contributed by atoms with van der Waals surface area (Å²) in [5.41, 5.74) is 2.67. The zero-order valence-electron chi connectivity index (χ0n) is 12.5. The molecule has 0 amide bonds. The third-order valence-electron chi connectivity index (χ3n) is 3.71. The molecule has 1 aliphatic heterocycles. The van der Waals surface area contributed by atoms with Crippen molar-refractivity contribution in [3.8, 4) is 5.75 Å². The van der Waals surface area contributed by atoms with Crippen LogP contribution in [0, 0.1) is 0 Å². The fourth-order valence-electron chi connectivity index (χ4n) is 2.65. The molecule has 120 valence electrons. The second-order valence-electron chi connectivity index (χ2n) is 5.42.